The van der Waals surface area contributed by atoms with Crippen LogP contribution in [-0.2, 0) is 0 Å². The quantitative estimate of drug-likeness (QED) is 0.126. The van der Waals surface area contributed by atoms with E-state index >= 15 is 0 Å². The molecule has 4 aromatic heterocycles. The van der Waals surface area contributed by atoms with Crippen LogP contribution in [0, 0.1) is 0 Å². The molecule has 0 radical (unpaired) electrons. The average Bonchev–Trinajstić information content (AvgIpc) is 3.91. The second-order valence-electron chi connectivity index (χ2n) is 15.4. The molecule has 0 unspecified atom stereocenters. The van der Waals surface area contributed by atoms with Crippen LogP contribution in [0.4, 0.5) is 0 Å². The number of carbonyl (C=O) groups is 2. The normalized spacial score (nSPS) is 21.2. The predicted molar refractivity (Wildman–Crippen MR) is 206 cm³/mol. The monoisotopic (exact) mass is 840 g/mol. The Balaban J connectivity index is 0.000000138. The highest BCUT2D eigenvalue weighted by Gasteiger charge is 2.32. The van der Waals surface area contributed by atoms with Crippen molar-refractivity contribution < 1.29 is 14.7 Å². The van der Waals surface area contributed by atoms with Gasteiger partial charge in [0.25, 0.3) is 5.91 Å². The van der Waals surface area contributed by atoms with Gasteiger partial charge < -0.3 is 26.1 Å². The molecule has 15 heteroatoms. The Bertz CT molecular complexity index is 1750. The number of fused-ring (bicyclic) bond motifs is 2. The number of aromatic nitrogens is 4. The lowest BCUT2D eigenvalue weighted by Crippen LogP contribution is -2.42. The number of aromatic carboxylic acids is 1. The number of nitrogens with zero attached hydrogens (tertiary/aromatic N) is 2. The van der Waals surface area contributed by atoms with Crippen LogP contribution in [0.15, 0.2) is 8.95 Å². The Morgan fingerprint density at radius 2 is 1.19 bits per heavy atom. The zero-order chi connectivity index (χ0) is 33.7. The molecule has 6 N–H and O–H groups in total. The Hall–Kier alpha value is -1.37. The first-order valence-corrected chi connectivity index (χ1v) is 26.9. The van der Waals surface area contributed by atoms with E-state index in [0.717, 1.165) is 43.0 Å². The van der Waals surface area contributed by atoms with Crippen LogP contribution in [-0.4, -0.2) is 65.2 Å². The van der Waals surface area contributed by atoms with Gasteiger partial charge in [0, 0.05) is 40.1 Å². The van der Waals surface area contributed by atoms with E-state index in [-0.39, 0.29) is 11.6 Å². The van der Waals surface area contributed by atoms with Crippen LogP contribution in [0.2, 0.25) is 50.4 Å². The fourth-order valence-electron chi connectivity index (χ4n) is 6.25. The van der Waals surface area contributed by atoms with Gasteiger partial charge >= 0.3 is 5.97 Å². The molecule has 8 rings (SSSR count). The third kappa shape index (κ3) is 8.69. The molecule has 47 heavy (non-hydrogen) atoms. The third-order valence-electron chi connectivity index (χ3n) is 9.97. The SMILES string of the molecule is C[Si]1(C)CCC(N)CC1.C[Si]1(C)CCC(NC(=O)c2[nH]c3sc(C4CC4)nc3c2Br)CC1.O=C(O)c1[nH]c2sc(C3CC3)nc2c1Br. The molecule has 2 aliphatic carbocycles. The van der Waals surface area contributed by atoms with Crippen molar-refractivity contribution >= 4 is 103 Å². The number of carboxylic acid groups (broad SMARTS) is 1. The Morgan fingerprint density at radius 1 is 0.766 bits per heavy atom. The maximum atomic E-state index is 12.6. The summed E-state index contributed by atoms with van der Waals surface area (Å²) in [6.07, 6.45) is 9.76. The fourth-order valence-corrected chi connectivity index (χ4v) is 15.0. The molecule has 2 saturated carbocycles. The summed E-state index contributed by atoms with van der Waals surface area (Å²) in [5.41, 5.74) is 8.26. The predicted octanol–water partition coefficient (Wildman–Crippen LogP) is 9.64. The summed E-state index contributed by atoms with van der Waals surface area (Å²) in [5, 5.41) is 14.4. The van der Waals surface area contributed by atoms with E-state index in [1.54, 1.807) is 22.7 Å². The second kappa shape index (κ2) is 14.1. The van der Waals surface area contributed by atoms with E-state index in [0.29, 0.717) is 34.1 Å². The Kier molecular flexibility index (Phi) is 10.6. The molecule has 4 aliphatic rings. The average molecular weight is 843 g/mol. The number of rotatable bonds is 5. The number of thiazole rings is 2. The lowest BCUT2D eigenvalue weighted by atomic mass is 10.1. The van der Waals surface area contributed by atoms with Crippen molar-refractivity contribution in [2.24, 2.45) is 5.73 Å². The Morgan fingerprint density at radius 3 is 1.60 bits per heavy atom. The standard InChI is InChI=1S/C16H22BrN3OSSi.C9H7BrN2O2S.C7H17NSi/c1-23(2)7-5-10(6-8-23)18-14(21)12-11(17)13-16(19-12)22-15(20-13)9-3-4-9;10-4-5-8(12-6(4)9(13)14)15-7(11-5)3-1-2-3;1-9(2)5-3-7(8)4-6-9/h9-10,19H,3-8H2,1-2H3,(H,18,21);3,12H,1-2H2,(H,13,14);7H,3-6,8H2,1-2H3. The van der Waals surface area contributed by atoms with E-state index in [4.69, 9.17) is 15.8 Å². The van der Waals surface area contributed by atoms with Crippen LogP contribution in [0.25, 0.3) is 20.7 Å². The van der Waals surface area contributed by atoms with Crippen molar-refractivity contribution in [3.05, 3.63) is 30.3 Å². The topological polar surface area (TPSA) is 150 Å². The number of hydrogen-bond donors (Lipinski definition) is 5. The maximum Gasteiger partial charge on any atom is 0.353 e. The van der Waals surface area contributed by atoms with E-state index < -0.39 is 22.1 Å². The van der Waals surface area contributed by atoms with E-state index in [1.165, 1.54) is 67.7 Å². The van der Waals surface area contributed by atoms with Crippen LogP contribution in [0.3, 0.4) is 0 Å². The van der Waals surface area contributed by atoms with Gasteiger partial charge in [-0.1, -0.05) is 50.4 Å². The molecule has 0 spiro atoms. The number of carboxylic acids is 1. The lowest BCUT2D eigenvalue weighted by molar-refractivity contribution is 0.0690. The molecule has 2 saturated heterocycles. The van der Waals surface area contributed by atoms with Crippen LogP contribution in [0.5, 0.6) is 0 Å². The molecule has 4 fully saturated rings. The molecular formula is C32H46Br2N6O3S2Si2. The number of hydrogen-bond acceptors (Lipinski definition) is 7. The first-order valence-electron chi connectivity index (χ1n) is 16.9. The fraction of sp³-hybridized carbons (Fsp3) is 0.625. The van der Waals surface area contributed by atoms with Crippen LogP contribution < -0.4 is 11.1 Å². The van der Waals surface area contributed by atoms with Crippen molar-refractivity contribution in [1.82, 2.24) is 25.3 Å². The van der Waals surface area contributed by atoms with Crippen molar-refractivity contribution in [2.45, 2.75) is 126 Å². The summed E-state index contributed by atoms with van der Waals surface area (Å²) in [4.78, 5) is 40.6. The van der Waals surface area contributed by atoms with Crippen LogP contribution in [0.1, 0.15) is 94.2 Å². The van der Waals surface area contributed by atoms with Gasteiger partial charge in [0.2, 0.25) is 0 Å². The minimum atomic E-state index is -0.977. The van der Waals surface area contributed by atoms with Gasteiger partial charge in [0.15, 0.2) is 0 Å². The van der Waals surface area contributed by atoms with Gasteiger partial charge in [-0.3, -0.25) is 4.79 Å². The van der Waals surface area contributed by atoms with E-state index in [1.807, 2.05) is 0 Å². The first kappa shape index (κ1) is 35.5. The summed E-state index contributed by atoms with van der Waals surface area (Å²) < 4.78 is 1.38. The smallest absolute Gasteiger partial charge is 0.353 e. The van der Waals surface area contributed by atoms with Crippen molar-refractivity contribution in [2.75, 3.05) is 0 Å². The van der Waals surface area contributed by atoms with E-state index in [9.17, 15) is 9.59 Å². The van der Waals surface area contributed by atoms with Crippen molar-refractivity contribution in [1.29, 1.82) is 0 Å². The summed E-state index contributed by atoms with van der Waals surface area (Å²) in [5.74, 6) is 0.303. The van der Waals surface area contributed by atoms with Gasteiger partial charge in [-0.05, 0) is 83.2 Å². The molecule has 256 valence electrons. The molecule has 1 amide bonds. The minimum absolute atomic E-state index is 0.00131. The summed E-state index contributed by atoms with van der Waals surface area (Å²) in [7, 11) is -1.69. The molecule has 0 aromatic carbocycles. The van der Waals surface area contributed by atoms with Gasteiger partial charge in [0.05, 0.1) is 19.0 Å². The number of carbonyl (C=O) groups excluding carboxylic acids is 1. The molecule has 9 nitrogen and oxygen atoms in total. The zero-order valence-corrected chi connectivity index (χ0v) is 34.4. The van der Waals surface area contributed by atoms with Crippen LogP contribution >= 0.6 is 54.5 Å². The Labute approximate surface area is 303 Å². The van der Waals surface area contributed by atoms with Crippen molar-refractivity contribution in [3.63, 3.8) is 0 Å². The van der Waals surface area contributed by atoms with Crippen molar-refractivity contribution in [3.8, 4) is 0 Å². The molecule has 0 atom stereocenters. The molecule has 4 aromatic rings. The van der Waals surface area contributed by atoms with E-state index in [2.05, 4.69) is 78.3 Å². The number of nitrogens with two attached hydrogens (primary N) is 1. The highest BCUT2D eigenvalue weighted by Crippen LogP contribution is 2.45. The molecule has 2 aliphatic heterocycles. The lowest BCUT2D eigenvalue weighted by Gasteiger charge is -2.33. The van der Waals surface area contributed by atoms with Gasteiger partial charge in [-0.2, -0.15) is 0 Å². The minimum Gasteiger partial charge on any atom is -0.477 e. The number of H-pyrrole nitrogens is 2. The largest absolute Gasteiger partial charge is 0.477 e. The molecular weight excluding hydrogens is 797 g/mol. The number of nitrogens with one attached hydrogen (secondary N) is 3. The number of aromatic amines is 2. The van der Waals surface area contributed by atoms with Gasteiger partial charge in [0.1, 0.15) is 32.1 Å². The summed E-state index contributed by atoms with van der Waals surface area (Å²) >= 11 is 10.1. The molecule has 6 heterocycles. The zero-order valence-electron chi connectivity index (χ0n) is 27.6. The number of halogens is 2. The number of amides is 1. The first-order chi connectivity index (χ1) is 22.2. The molecule has 0 bridgehead atoms. The highest BCUT2D eigenvalue weighted by molar-refractivity contribution is 9.11. The highest BCUT2D eigenvalue weighted by atomic mass is 79.9. The second-order valence-corrected chi connectivity index (χ2v) is 29.7. The summed E-state index contributed by atoms with van der Waals surface area (Å²) in [6.45, 7) is 9.84. The van der Waals surface area contributed by atoms with Gasteiger partial charge in [-0.25, -0.2) is 14.8 Å². The third-order valence-corrected chi connectivity index (χ3v) is 20.4. The summed E-state index contributed by atoms with van der Waals surface area (Å²) in [6, 6.07) is 6.38. The maximum absolute atomic E-state index is 12.6. The van der Waals surface area contributed by atoms with Gasteiger partial charge in [-0.15, -0.1) is 22.7 Å².